The van der Waals surface area contributed by atoms with E-state index in [0.29, 0.717) is 11.3 Å². The third kappa shape index (κ3) is 8.69. The minimum Gasteiger partial charge on any atom is -0.352 e. The van der Waals surface area contributed by atoms with Gasteiger partial charge in [-0.05, 0) is 92.3 Å². The standard InChI is InChI=1S/C39H44FN3O4S/c1-28-14-22-36(23-15-28)48(46,47)43(35-21-16-29(2)30(3)24-35)27-38(44)42(26-32-17-19-33(40)20-18-32)37(25-31-10-6-4-7-11-31)39(45)41-34-12-8-5-9-13-34/h4,6-7,10-11,14-24,34,37H,5,8-9,12-13,25-27H2,1-3H3,(H,41,45)/t37-/m0/s1. The lowest BCUT2D eigenvalue weighted by Crippen LogP contribution is -2.55. The lowest BCUT2D eigenvalue weighted by Gasteiger charge is -2.35. The maximum Gasteiger partial charge on any atom is 0.264 e. The average molecular weight is 670 g/mol. The number of anilines is 1. The fraction of sp³-hybridized carbons (Fsp3) is 0.333. The molecule has 0 heterocycles. The molecule has 5 rings (SSSR count). The molecule has 0 aliphatic heterocycles. The second kappa shape index (κ2) is 15.6. The number of sulfonamides is 1. The summed E-state index contributed by atoms with van der Waals surface area (Å²) in [5.41, 5.74) is 4.59. The van der Waals surface area contributed by atoms with E-state index in [9.17, 15) is 22.4 Å². The molecule has 2 amide bonds. The van der Waals surface area contributed by atoms with Crippen LogP contribution in [0, 0.1) is 26.6 Å². The number of halogens is 1. The van der Waals surface area contributed by atoms with Crippen LogP contribution in [0.15, 0.2) is 102 Å². The third-order valence-electron chi connectivity index (χ3n) is 9.16. The molecule has 0 spiro atoms. The second-order valence-corrected chi connectivity index (χ2v) is 14.7. The van der Waals surface area contributed by atoms with Gasteiger partial charge in [-0.2, -0.15) is 0 Å². The van der Waals surface area contributed by atoms with Gasteiger partial charge in [-0.3, -0.25) is 13.9 Å². The molecule has 1 aliphatic carbocycles. The molecule has 1 saturated carbocycles. The number of hydrogen-bond acceptors (Lipinski definition) is 4. The molecule has 1 aliphatic rings. The fourth-order valence-corrected chi connectivity index (χ4v) is 7.54. The van der Waals surface area contributed by atoms with Gasteiger partial charge in [0.2, 0.25) is 11.8 Å². The van der Waals surface area contributed by atoms with Gasteiger partial charge < -0.3 is 10.2 Å². The Morgan fingerprint density at radius 2 is 1.48 bits per heavy atom. The molecule has 48 heavy (non-hydrogen) atoms. The quantitative estimate of drug-likeness (QED) is 0.176. The highest BCUT2D eigenvalue weighted by molar-refractivity contribution is 7.92. The highest BCUT2D eigenvalue weighted by atomic mass is 32.2. The monoisotopic (exact) mass is 669 g/mol. The van der Waals surface area contributed by atoms with Gasteiger partial charge in [-0.25, -0.2) is 12.8 Å². The van der Waals surface area contributed by atoms with E-state index < -0.39 is 34.3 Å². The summed E-state index contributed by atoms with van der Waals surface area (Å²) in [6.45, 7) is 5.15. The van der Waals surface area contributed by atoms with Crippen LogP contribution in [0.3, 0.4) is 0 Å². The molecule has 1 N–H and O–H groups in total. The van der Waals surface area contributed by atoms with E-state index in [4.69, 9.17) is 0 Å². The number of hydrogen-bond donors (Lipinski definition) is 1. The number of benzene rings is 4. The van der Waals surface area contributed by atoms with E-state index in [1.54, 1.807) is 36.4 Å². The van der Waals surface area contributed by atoms with Crippen LogP contribution in [0.2, 0.25) is 0 Å². The fourth-order valence-electron chi connectivity index (χ4n) is 6.13. The Morgan fingerprint density at radius 3 is 2.12 bits per heavy atom. The van der Waals surface area contributed by atoms with Crippen LogP contribution in [0.1, 0.15) is 59.9 Å². The van der Waals surface area contributed by atoms with Crippen molar-refractivity contribution in [2.75, 3.05) is 10.8 Å². The van der Waals surface area contributed by atoms with Gasteiger partial charge in [0.25, 0.3) is 10.0 Å². The summed E-state index contributed by atoms with van der Waals surface area (Å²) in [5, 5.41) is 3.20. The molecule has 0 saturated heterocycles. The molecule has 1 atom stereocenters. The predicted molar refractivity (Wildman–Crippen MR) is 188 cm³/mol. The Labute approximate surface area is 283 Å². The van der Waals surface area contributed by atoms with Gasteiger partial charge in [0.1, 0.15) is 18.4 Å². The number of amides is 2. The summed E-state index contributed by atoms with van der Waals surface area (Å²) in [6.07, 6.45) is 5.12. The largest absolute Gasteiger partial charge is 0.352 e. The van der Waals surface area contributed by atoms with Crippen molar-refractivity contribution in [3.05, 3.63) is 131 Å². The first-order valence-corrected chi connectivity index (χ1v) is 18.0. The Bertz CT molecular complexity index is 1810. The number of rotatable bonds is 12. The lowest BCUT2D eigenvalue weighted by molar-refractivity contribution is -0.140. The van der Waals surface area contributed by atoms with Crippen LogP contribution in [0.4, 0.5) is 10.1 Å². The van der Waals surface area contributed by atoms with Crippen molar-refractivity contribution in [3.8, 4) is 0 Å². The highest BCUT2D eigenvalue weighted by Gasteiger charge is 2.35. The molecule has 0 radical (unpaired) electrons. The van der Waals surface area contributed by atoms with Crippen LogP contribution in [-0.4, -0.2) is 43.8 Å². The van der Waals surface area contributed by atoms with Crippen LogP contribution in [0.25, 0.3) is 0 Å². The van der Waals surface area contributed by atoms with Crippen molar-refractivity contribution in [1.29, 1.82) is 0 Å². The number of carbonyl (C=O) groups excluding carboxylic acids is 2. The highest BCUT2D eigenvalue weighted by Crippen LogP contribution is 2.27. The second-order valence-electron chi connectivity index (χ2n) is 12.8. The van der Waals surface area contributed by atoms with E-state index in [0.717, 1.165) is 58.7 Å². The zero-order valence-corrected chi connectivity index (χ0v) is 28.7. The first kappa shape index (κ1) is 34.8. The van der Waals surface area contributed by atoms with Gasteiger partial charge in [0.05, 0.1) is 10.6 Å². The average Bonchev–Trinajstić information content (AvgIpc) is 3.08. The predicted octanol–water partition coefficient (Wildman–Crippen LogP) is 7.04. The number of nitrogens with zero attached hydrogens (tertiary/aromatic N) is 2. The Kier molecular flexibility index (Phi) is 11.3. The number of carbonyl (C=O) groups is 2. The van der Waals surface area contributed by atoms with Crippen molar-refractivity contribution in [3.63, 3.8) is 0 Å². The minimum atomic E-state index is -4.20. The van der Waals surface area contributed by atoms with Crippen molar-refractivity contribution < 1.29 is 22.4 Å². The molecule has 0 unspecified atom stereocenters. The van der Waals surface area contributed by atoms with E-state index >= 15 is 0 Å². The van der Waals surface area contributed by atoms with Gasteiger partial charge in [0.15, 0.2) is 0 Å². The molecule has 1 fully saturated rings. The van der Waals surface area contributed by atoms with Gasteiger partial charge >= 0.3 is 0 Å². The molecule has 9 heteroatoms. The number of nitrogens with one attached hydrogen (secondary N) is 1. The zero-order chi connectivity index (χ0) is 34.3. The minimum absolute atomic E-state index is 0.00115. The Morgan fingerprint density at radius 1 is 0.812 bits per heavy atom. The molecular weight excluding hydrogens is 626 g/mol. The first-order valence-electron chi connectivity index (χ1n) is 16.6. The maximum atomic E-state index is 14.7. The Hall–Kier alpha value is -4.50. The molecule has 252 valence electrons. The molecule has 0 bridgehead atoms. The van der Waals surface area contributed by atoms with Crippen LogP contribution in [-0.2, 0) is 32.6 Å². The molecule has 7 nitrogen and oxygen atoms in total. The van der Waals surface area contributed by atoms with Crippen LogP contribution >= 0.6 is 0 Å². The maximum absolute atomic E-state index is 14.7. The van der Waals surface area contributed by atoms with Crippen LogP contribution < -0.4 is 9.62 Å². The third-order valence-corrected chi connectivity index (χ3v) is 10.9. The van der Waals surface area contributed by atoms with E-state index in [1.165, 1.54) is 29.2 Å². The Balaban J connectivity index is 1.57. The van der Waals surface area contributed by atoms with E-state index in [2.05, 4.69) is 5.32 Å². The molecular formula is C39H44FN3O4S. The lowest BCUT2D eigenvalue weighted by atomic mass is 9.94. The van der Waals surface area contributed by atoms with Crippen LogP contribution in [0.5, 0.6) is 0 Å². The van der Waals surface area contributed by atoms with Gasteiger partial charge in [-0.1, -0.05) is 85.5 Å². The molecule has 4 aromatic rings. The topological polar surface area (TPSA) is 86.8 Å². The van der Waals surface area contributed by atoms with Gasteiger partial charge in [-0.15, -0.1) is 0 Å². The van der Waals surface area contributed by atoms with Crippen molar-refractivity contribution in [2.45, 2.75) is 82.8 Å². The van der Waals surface area contributed by atoms with Crippen molar-refractivity contribution in [2.24, 2.45) is 0 Å². The van der Waals surface area contributed by atoms with Gasteiger partial charge in [0, 0.05) is 19.0 Å². The summed E-state index contributed by atoms with van der Waals surface area (Å²) < 4.78 is 43.6. The SMILES string of the molecule is Cc1ccc(S(=O)(=O)N(CC(=O)N(Cc2ccc(F)cc2)[C@@H](Cc2ccccc2)C(=O)NC2CCCCC2)c2ccc(C)c(C)c2)cc1. The summed E-state index contributed by atoms with van der Waals surface area (Å²) >= 11 is 0. The summed E-state index contributed by atoms with van der Waals surface area (Å²) in [6, 6.07) is 26.1. The van der Waals surface area contributed by atoms with E-state index in [1.807, 2.05) is 57.2 Å². The summed E-state index contributed by atoms with van der Waals surface area (Å²) in [5.74, 6) is -1.26. The summed E-state index contributed by atoms with van der Waals surface area (Å²) in [4.78, 5) is 30.4. The van der Waals surface area contributed by atoms with Crippen molar-refractivity contribution >= 4 is 27.5 Å². The molecule has 0 aromatic heterocycles. The first-order chi connectivity index (χ1) is 23.0. The number of aryl methyl sites for hydroxylation is 3. The summed E-state index contributed by atoms with van der Waals surface area (Å²) in [7, 11) is -4.20. The molecule has 4 aromatic carbocycles. The van der Waals surface area contributed by atoms with E-state index in [-0.39, 0.29) is 29.8 Å². The zero-order valence-electron chi connectivity index (χ0n) is 27.9. The smallest absolute Gasteiger partial charge is 0.264 e. The normalized spacial score (nSPS) is 14.2. The van der Waals surface area contributed by atoms with Crippen molar-refractivity contribution in [1.82, 2.24) is 10.2 Å².